The fraction of sp³-hybridized carbons (Fsp3) is 0.222. The summed E-state index contributed by atoms with van der Waals surface area (Å²) < 4.78 is 39.9. The molecule has 2 heterocycles. The highest BCUT2D eigenvalue weighted by molar-refractivity contribution is 7.91. The Bertz CT molecular complexity index is 1700. The van der Waals surface area contributed by atoms with Crippen LogP contribution in [0.25, 0.3) is 10.9 Å². The summed E-state index contributed by atoms with van der Waals surface area (Å²) in [6.45, 7) is 3.11. The molecule has 1 saturated heterocycles. The van der Waals surface area contributed by atoms with E-state index in [1.165, 1.54) is 30.3 Å². The van der Waals surface area contributed by atoms with E-state index in [0.29, 0.717) is 16.6 Å². The summed E-state index contributed by atoms with van der Waals surface area (Å²) in [5.74, 6) is -1.60. The molecule has 0 unspecified atom stereocenters. The number of H-pyrrole nitrogens is 1. The predicted octanol–water partition coefficient (Wildman–Crippen LogP) is 2.44. The molecular weight excluding hydrogens is 537 g/mol. The van der Waals surface area contributed by atoms with Crippen LogP contribution in [0.3, 0.4) is 0 Å². The number of benzene rings is 3. The standard InChI is InChI=1S/C27H28FN7O4S/c1-34-9-11-35(12-10-34)18-5-7-21(24(14-18)30-25(36)16-29)27(37)31-26-22-15-20(6-8-23(22)32-33-26)40(38,39)19-4-2-3-17(28)13-19/h2-8,13-15H,9-12,16,29H2,1H3,(H,30,36)(H2,31,32,33,37). The number of anilines is 3. The Morgan fingerprint density at radius 2 is 1.75 bits per heavy atom. The van der Waals surface area contributed by atoms with Gasteiger partial charge in [0.15, 0.2) is 5.82 Å². The zero-order valence-electron chi connectivity index (χ0n) is 21.6. The molecule has 0 aliphatic carbocycles. The van der Waals surface area contributed by atoms with Crippen LogP contribution in [0.1, 0.15) is 10.4 Å². The maximum Gasteiger partial charge on any atom is 0.258 e. The molecule has 4 aromatic rings. The smallest absolute Gasteiger partial charge is 0.258 e. The van der Waals surface area contributed by atoms with Gasteiger partial charge in [-0.2, -0.15) is 5.10 Å². The van der Waals surface area contributed by atoms with Crippen molar-refractivity contribution in [1.29, 1.82) is 0 Å². The summed E-state index contributed by atoms with van der Waals surface area (Å²) in [7, 11) is -1.98. The minimum atomic E-state index is -4.03. The van der Waals surface area contributed by atoms with Crippen molar-refractivity contribution in [1.82, 2.24) is 15.1 Å². The van der Waals surface area contributed by atoms with Crippen molar-refractivity contribution in [2.24, 2.45) is 5.73 Å². The van der Waals surface area contributed by atoms with Crippen molar-refractivity contribution >= 4 is 49.7 Å². The number of nitrogens with two attached hydrogens (primary N) is 1. The second kappa shape index (κ2) is 11.0. The predicted molar refractivity (Wildman–Crippen MR) is 150 cm³/mol. The van der Waals surface area contributed by atoms with Crippen LogP contribution in [0.2, 0.25) is 0 Å². The van der Waals surface area contributed by atoms with Crippen LogP contribution < -0.4 is 21.3 Å². The highest BCUT2D eigenvalue weighted by Gasteiger charge is 2.22. The topological polar surface area (TPSA) is 154 Å². The van der Waals surface area contributed by atoms with Gasteiger partial charge in [0.05, 0.1) is 33.1 Å². The van der Waals surface area contributed by atoms with Crippen LogP contribution in [0.4, 0.5) is 21.6 Å². The van der Waals surface area contributed by atoms with Gasteiger partial charge in [-0.1, -0.05) is 6.07 Å². The number of aromatic nitrogens is 2. The van der Waals surface area contributed by atoms with Gasteiger partial charge in [-0.05, 0) is 61.6 Å². The number of hydrogen-bond acceptors (Lipinski definition) is 8. The molecule has 1 fully saturated rings. The minimum Gasteiger partial charge on any atom is -0.369 e. The van der Waals surface area contributed by atoms with Gasteiger partial charge in [-0.25, -0.2) is 12.8 Å². The third kappa shape index (κ3) is 5.52. The summed E-state index contributed by atoms with van der Waals surface area (Å²) in [6, 6.07) is 14.2. The van der Waals surface area contributed by atoms with E-state index < -0.39 is 27.5 Å². The van der Waals surface area contributed by atoms with Crippen molar-refractivity contribution in [2.45, 2.75) is 9.79 Å². The molecule has 0 atom stereocenters. The number of hydrogen-bond donors (Lipinski definition) is 4. The molecule has 1 aliphatic heterocycles. The second-order valence-electron chi connectivity index (χ2n) is 9.47. The maximum absolute atomic E-state index is 13.7. The normalized spacial score (nSPS) is 14.3. The Morgan fingerprint density at radius 3 is 2.48 bits per heavy atom. The average Bonchev–Trinajstić information content (AvgIpc) is 3.35. The number of rotatable bonds is 7. The van der Waals surface area contributed by atoms with Crippen molar-refractivity contribution in [3.63, 3.8) is 0 Å². The second-order valence-corrected chi connectivity index (χ2v) is 11.4. The van der Waals surface area contributed by atoms with Gasteiger partial charge in [-0.3, -0.25) is 14.7 Å². The SMILES string of the molecule is CN1CCN(c2ccc(C(=O)Nc3n[nH]c4ccc(S(=O)(=O)c5cccc(F)c5)cc34)c(NC(=O)CN)c2)CC1. The number of aromatic amines is 1. The fourth-order valence-electron chi connectivity index (χ4n) is 4.50. The molecule has 5 N–H and O–H groups in total. The molecule has 0 bridgehead atoms. The highest BCUT2D eigenvalue weighted by atomic mass is 32.2. The maximum atomic E-state index is 13.7. The van der Waals surface area contributed by atoms with Crippen LogP contribution >= 0.6 is 0 Å². The summed E-state index contributed by atoms with van der Waals surface area (Å²) in [4.78, 5) is 29.7. The zero-order valence-corrected chi connectivity index (χ0v) is 22.5. The Balaban J connectivity index is 1.45. The van der Waals surface area contributed by atoms with Gasteiger partial charge in [0.1, 0.15) is 5.82 Å². The van der Waals surface area contributed by atoms with Crippen LogP contribution in [-0.2, 0) is 14.6 Å². The summed E-state index contributed by atoms with van der Waals surface area (Å²) in [5, 5.41) is 12.7. The Morgan fingerprint density at radius 1 is 1.00 bits per heavy atom. The number of sulfone groups is 1. The molecular formula is C27H28FN7O4S. The molecule has 0 saturated carbocycles. The van der Waals surface area contributed by atoms with E-state index in [-0.39, 0.29) is 27.7 Å². The molecule has 40 heavy (non-hydrogen) atoms. The van der Waals surface area contributed by atoms with Crippen LogP contribution in [0, 0.1) is 5.82 Å². The van der Waals surface area contributed by atoms with E-state index >= 15 is 0 Å². The third-order valence-electron chi connectivity index (χ3n) is 6.76. The summed E-state index contributed by atoms with van der Waals surface area (Å²) >= 11 is 0. The summed E-state index contributed by atoms with van der Waals surface area (Å²) in [6.07, 6.45) is 0. The van der Waals surface area contributed by atoms with Gasteiger partial charge in [0.2, 0.25) is 15.7 Å². The first kappa shape index (κ1) is 27.2. The number of carbonyl (C=O) groups is 2. The van der Waals surface area contributed by atoms with Crippen molar-refractivity contribution in [3.05, 3.63) is 72.0 Å². The monoisotopic (exact) mass is 565 g/mol. The molecule has 1 aliphatic rings. The lowest BCUT2D eigenvalue weighted by atomic mass is 10.1. The number of carbonyl (C=O) groups excluding carboxylic acids is 2. The van der Waals surface area contributed by atoms with Crippen LogP contribution in [0.5, 0.6) is 0 Å². The molecule has 3 aromatic carbocycles. The quantitative estimate of drug-likeness (QED) is 0.267. The molecule has 2 amide bonds. The van der Waals surface area contributed by atoms with Crippen molar-refractivity contribution < 1.29 is 22.4 Å². The highest BCUT2D eigenvalue weighted by Crippen LogP contribution is 2.30. The Hall–Kier alpha value is -4.33. The zero-order chi connectivity index (χ0) is 28.4. The van der Waals surface area contributed by atoms with Crippen molar-refractivity contribution in [2.75, 3.05) is 55.3 Å². The molecule has 0 spiro atoms. The Kier molecular flexibility index (Phi) is 7.52. The minimum absolute atomic E-state index is 0.0880. The van der Waals surface area contributed by atoms with Gasteiger partial charge in [-0.15, -0.1) is 0 Å². The lowest BCUT2D eigenvalue weighted by Crippen LogP contribution is -2.44. The first-order valence-corrected chi connectivity index (χ1v) is 14.0. The van der Waals surface area contributed by atoms with E-state index in [4.69, 9.17) is 5.73 Å². The number of fused-ring (bicyclic) bond motifs is 1. The van der Waals surface area contributed by atoms with Crippen LogP contribution in [0.15, 0.2) is 70.5 Å². The number of amides is 2. The number of piperazine rings is 1. The van der Waals surface area contributed by atoms with Crippen LogP contribution in [-0.4, -0.2) is 75.1 Å². The molecule has 13 heteroatoms. The van der Waals surface area contributed by atoms with E-state index in [2.05, 4.69) is 37.7 Å². The van der Waals surface area contributed by atoms with Gasteiger partial charge >= 0.3 is 0 Å². The molecule has 1 aromatic heterocycles. The average molecular weight is 566 g/mol. The Labute approximate surface area is 230 Å². The largest absolute Gasteiger partial charge is 0.369 e. The van der Waals surface area contributed by atoms with E-state index in [1.807, 2.05) is 6.07 Å². The van der Waals surface area contributed by atoms with E-state index in [0.717, 1.165) is 44.0 Å². The first-order chi connectivity index (χ1) is 19.2. The number of likely N-dealkylation sites (N-methyl/N-ethyl adjacent to an activating group) is 1. The van der Waals surface area contributed by atoms with Crippen molar-refractivity contribution in [3.8, 4) is 0 Å². The van der Waals surface area contributed by atoms with Gasteiger partial charge in [0, 0.05) is 37.3 Å². The van der Waals surface area contributed by atoms with Gasteiger partial charge < -0.3 is 26.2 Å². The molecule has 0 radical (unpaired) electrons. The molecule has 11 nitrogen and oxygen atoms in total. The fourth-order valence-corrected chi connectivity index (χ4v) is 5.81. The number of nitrogens with zero attached hydrogens (tertiary/aromatic N) is 3. The number of nitrogens with one attached hydrogen (secondary N) is 3. The molecule has 208 valence electrons. The van der Waals surface area contributed by atoms with E-state index in [9.17, 15) is 22.4 Å². The lowest BCUT2D eigenvalue weighted by Gasteiger charge is -2.34. The number of halogens is 1. The lowest BCUT2D eigenvalue weighted by molar-refractivity contribution is -0.114. The third-order valence-corrected chi connectivity index (χ3v) is 8.51. The van der Waals surface area contributed by atoms with E-state index in [1.54, 1.807) is 12.1 Å². The van der Waals surface area contributed by atoms with Gasteiger partial charge in [0.25, 0.3) is 5.91 Å². The summed E-state index contributed by atoms with van der Waals surface area (Å²) in [5.41, 5.74) is 7.31. The molecule has 5 rings (SSSR count). The first-order valence-electron chi connectivity index (χ1n) is 12.5.